The molecule has 7 nitrogen and oxygen atoms in total. The maximum atomic E-state index is 12.1. The molecule has 4 aromatic rings. The number of carbonyl (C=O) groups is 2. The number of hydrogen-bond donors (Lipinski definition) is 2. The van der Waals surface area contributed by atoms with Crippen LogP contribution in [0.1, 0.15) is 15.9 Å². The second-order valence-electron chi connectivity index (χ2n) is 6.35. The van der Waals surface area contributed by atoms with Gasteiger partial charge in [-0.3, -0.25) is 9.78 Å². The van der Waals surface area contributed by atoms with Crippen LogP contribution >= 0.6 is 0 Å². The van der Waals surface area contributed by atoms with Crippen LogP contribution < -0.4 is 10.5 Å². The summed E-state index contributed by atoms with van der Waals surface area (Å²) in [6.45, 7) is 0.0397. The molecule has 0 atom stereocenters. The highest BCUT2D eigenvalue weighted by Crippen LogP contribution is 2.37. The first kappa shape index (κ1) is 17.5. The fourth-order valence-corrected chi connectivity index (χ4v) is 3.43. The normalized spacial score (nSPS) is 11.0. The number of nitrogens with zero attached hydrogens (tertiary/aromatic N) is 2. The Labute approximate surface area is 160 Å². The van der Waals surface area contributed by atoms with Gasteiger partial charge in [-0.05, 0) is 17.7 Å². The summed E-state index contributed by atoms with van der Waals surface area (Å²) in [6, 6.07) is 15.2. The molecular formula is C21H17N3O4. The minimum absolute atomic E-state index is 0.297. The standard InChI is InChI=1S/C21H17N3O4/c22-21(27)14-7-4-8-15-19(14)20-16(9-23-10-17(20)28-12-18(25)26)24(15)11-13-5-2-1-3-6-13/h1-10H,11-12H2,(H2,22,27)(H,25,26). The van der Waals surface area contributed by atoms with Gasteiger partial charge in [0.25, 0.3) is 0 Å². The van der Waals surface area contributed by atoms with Crippen LogP contribution in [0.25, 0.3) is 21.8 Å². The quantitative estimate of drug-likeness (QED) is 0.539. The van der Waals surface area contributed by atoms with E-state index < -0.39 is 18.5 Å². The van der Waals surface area contributed by atoms with E-state index in [1.807, 2.05) is 41.0 Å². The maximum Gasteiger partial charge on any atom is 0.341 e. The van der Waals surface area contributed by atoms with Gasteiger partial charge < -0.3 is 20.1 Å². The van der Waals surface area contributed by atoms with Crippen molar-refractivity contribution in [2.45, 2.75) is 6.54 Å². The molecule has 0 saturated carbocycles. The highest BCUT2D eigenvalue weighted by Gasteiger charge is 2.20. The number of rotatable bonds is 6. The zero-order valence-electron chi connectivity index (χ0n) is 14.8. The number of aromatic nitrogens is 2. The van der Waals surface area contributed by atoms with Crippen LogP contribution in [0.4, 0.5) is 0 Å². The topological polar surface area (TPSA) is 107 Å². The highest BCUT2D eigenvalue weighted by atomic mass is 16.5. The van der Waals surface area contributed by atoms with Crippen molar-refractivity contribution in [1.29, 1.82) is 0 Å². The van der Waals surface area contributed by atoms with Crippen LogP contribution in [0.3, 0.4) is 0 Å². The molecule has 2 aromatic heterocycles. The van der Waals surface area contributed by atoms with E-state index in [9.17, 15) is 9.59 Å². The van der Waals surface area contributed by atoms with E-state index in [0.717, 1.165) is 16.6 Å². The number of carbonyl (C=O) groups excluding carboxylic acids is 1. The number of pyridine rings is 1. The average molecular weight is 375 g/mol. The van der Waals surface area contributed by atoms with Gasteiger partial charge in [0.05, 0.1) is 28.8 Å². The Kier molecular flexibility index (Phi) is 4.41. The number of benzene rings is 2. The van der Waals surface area contributed by atoms with Crippen molar-refractivity contribution in [3.63, 3.8) is 0 Å². The van der Waals surface area contributed by atoms with Crippen LogP contribution in [0.15, 0.2) is 60.9 Å². The molecule has 28 heavy (non-hydrogen) atoms. The lowest BCUT2D eigenvalue weighted by Crippen LogP contribution is -2.11. The fourth-order valence-electron chi connectivity index (χ4n) is 3.43. The minimum Gasteiger partial charge on any atom is -0.480 e. The third kappa shape index (κ3) is 3.03. The van der Waals surface area contributed by atoms with Gasteiger partial charge >= 0.3 is 5.97 Å². The van der Waals surface area contributed by atoms with E-state index in [2.05, 4.69) is 4.98 Å². The molecule has 2 heterocycles. The summed E-state index contributed by atoms with van der Waals surface area (Å²) in [7, 11) is 0. The molecule has 3 N–H and O–H groups in total. The molecule has 0 saturated heterocycles. The molecule has 0 fully saturated rings. The second kappa shape index (κ2) is 7.03. The molecule has 2 aromatic carbocycles. The van der Waals surface area contributed by atoms with Crippen molar-refractivity contribution in [1.82, 2.24) is 9.55 Å². The monoisotopic (exact) mass is 375 g/mol. The number of nitrogens with two attached hydrogens (primary N) is 1. The Hall–Kier alpha value is -3.87. The zero-order valence-corrected chi connectivity index (χ0v) is 14.8. The summed E-state index contributed by atoms with van der Waals surface area (Å²) in [6.07, 6.45) is 3.13. The van der Waals surface area contributed by atoms with Gasteiger partial charge in [-0.25, -0.2) is 4.79 Å². The molecule has 0 aliphatic rings. The van der Waals surface area contributed by atoms with Crippen LogP contribution in [0.5, 0.6) is 5.75 Å². The molecule has 0 unspecified atom stereocenters. The molecule has 0 spiro atoms. The van der Waals surface area contributed by atoms with Crippen molar-refractivity contribution in [2.75, 3.05) is 6.61 Å². The zero-order chi connectivity index (χ0) is 19.7. The Morgan fingerprint density at radius 3 is 2.50 bits per heavy atom. The molecule has 4 rings (SSSR count). The molecule has 140 valence electrons. The van der Waals surface area contributed by atoms with Crippen LogP contribution in [0.2, 0.25) is 0 Å². The third-order valence-electron chi connectivity index (χ3n) is 4.57. The van der Waals surface area contributed by atoms with Crippen molar-refractivity contribution in [2.24, 2.45) is 5.73 Å². The van der Waals surface area contributed by atoms with Crippen LogP contribution in [0, 0.1) is 0 Å². The summed E-state index contributed by atoms with van der Waals surface area (Å²) in [5.41, 5.74) is 8.55. The van der Waals surface area contributed by atoms with Crippen LogP contribution in [-0.2, 0) is 11.3 Å². The van der Waals surface area contributed by atoms with Gasteiger partial charge in [0.15, 0.2) is 6.61 Å². The minimum atomic E-state index is -1.10. The SMILES string of the molecule is NC(=O)c1cccc2c1c1c(OCC(=O)O)cncc1n2Cc1ccccc1. The number of hydrogen-bond acceptors (Lipinski definition) is 4. The smallest absolute Gasteiger partial charge is 0.341 e. The van der Waals surface area contributed by atoms with Crippen molar-refractivity contribution >= 4 is 33.7 Å². The maximum absolute atomic E-state index is 12.1. The molecule has 0 aliphatic heterocycles. The average Bonchev–Trinajstić information content (AvgIpc) is 3.01. The summed E-state index contributed by atoms with van der Waals surface area (Å²) in [4.78, 5) is 27.2. The Bertz CT molecular complexity index is 1200. The molecular weight excluding hydrogens is 358 g/mol. The molecule has 0 radical (unpaired) electrons. The highest BCUT2D eigenvalue weighted by molar-refractivity contribution is 6.19. The Morgan fingerprint density at radius 2 is 1.79 bits per heavy atom. The third-order valence-corrected chi connectivity index (χ3v) is 4.57. The molecule has 0 bridgehead atoms. The largest absolute Gasteiger partial charge is 0.480 e. The van der Waals surface area contributed by atoms with Gasteiger partial charge in [-0.15, -0.1) is 0 Å². The number of carboxylic acids is 1. The molecule has 7 heteroatoms. The van der Waals surface area contributed by atoms with Crippen molar-refractivity contribution in [3.8, 4) is 5.75 Å². The first-order chi connectivity index (χ1) is 13.6. The summed E-state index contributed by atoms with van der Waals surface area (Å²) in [5.74, 6) is -1.36. The van der Waals surface area contributed by atoms with Gasteiger partial charge in [0.1, 0.15) is 5.75 Å². The second-order valence-corrected chi connectivity index (χ2v) is 6.35. The Balaban J connectivity index is 2.03. The molecule has 0 aliphatic carbocycles. The summed E-state index contributed by atoms with van der Waals surface area (Å²) in [5, 5.41) is 10.2. The first-order valence-corrected chi connectivity index (χ1v) is 8.63. The van der Waals surface area contributed by atoms with E-state index in [4.69, 9.17) is 15.6 Å². The number of carboxylic acid groups (broad SMARTS) is 1. The number of amides is 1. The van der Waals surface area contributed by atoms with Gasteiger partial charge in [0, 0.05) is 17.5 Å². The summed E-state index contributed by atoms with van der Waals surface area (Å²) < 4.78 is 7.48. The van der Waals surface area contributed by atoms with E-state index in [-0.39, 0.29) is 0 Å². The van der Waals surface area contributed by atoms with E-state index >= 15 is 0 Å². The number of primary amides is 1. The first-order valence-electron chi connectivity index (χ1n) is 8.63. The Morgan fingerprint density at radius 1 is 1.00 bits per heavy atom. The lowest BCUT2D eigenvalue weighted by Gasteiger charge is -2.08. The van der Waals surface area contributed by atoms with Crippen molar-refractivity contribution in [3.05, 3.63) is 72.1 Å². The lowest BCUT2D eigenvalue weighted by molar-refractivity contribution is -0.139. The number of ether oxygens (including phenoxy) is 1. The van der Waals surface area contributed by atoms with E-state index in [1.54, 1.807) is 18.3 Å². The number of aliphatic carboxylic acids is 1. The number of fused-ring (bicyclic) bond motifs is 3. The van der Waals surface area contributed by atoms with E-state index in [0.29, 0.717) is 28.6 Å². The summed E-state index contributed by atoms with van der Waals surface area (Å²) >= 11 is 0. The predicted molar refractivity (Wildman–Crippen MR) is 104 cm³/mol. The van der Waals surface area contributed by atoms with Gasteiger partial charge in [0.2, 0.25) is 5.91 Å². The van der Waals surface area contributed by atoms with Crippen molar-refractivity contribution < 1.29 is 19.4 Å². The van der Waals surface area contributed by atoms with Crippen LogP contribution in [-0.4, -0.2) is 33.1 Å². The fraction of sp³-hybridized carbons (Fsp3) is 0.0952. The lowest BCUT2D eigenvalue weighted by atomic mass is 10.1. The molecule has 1 amide bonds. The van der Waals surface area contributed by atoms with E-state index in [1.165, 1.54) is 6.20 Å². The van der Waals surface area contributed by atoms with Gasteiger partial charge in [-0.1, -0.05) is 36.4 Å². The van der Waals surface area contributed by atoms with Gasteiger partial charge in [-0.2, -0.15) is 0 Å². The predicted octanol–water partition coefficient (Wildman–Crippen LogP) is 2.80.